The van der Waals surface area contributed by atoms with Crippen molar-refractivity contribution in [3.8, 4) is 0 Å². The summed E-state index contributed by atoms with van der Waals surface area (Å²) in [5.74, 6) is -0.253. The third-order valence-corrected chi connectivity index (χ3v) is 4.33. The van der Waals surface area contributed by atoms with Crippen LogP contribution in [0.4, 0.5) is 4.79 Å². The lowest BCUT2D eigenvalue weighted by Gasteiger charge is -2.14. The van der Waals surface area contributed by atoms with Gasteiger partial charge in [-0.05, 0) is 32.4 Å². The summed E-state index contributed by atoms with van der Waals surface area (Å²) in [6.45, 7) is 7.17. The van der Waals surface area contributed by atoms with E-state index in [4.69, 9.17) is 4.74 Å². The SMILES string of the molecule is C=CCC(=C\C)/C(=N/S(=O)(=O)c1ccc(C)cc1)OC(=O)N(C)C. The van der Waals surface area contributed by atoms with Gasteiger partial charge in [-0.3, -0.25) is 0 Å². The number of aryl methyl sites for hydroxylation is 1. The lowest BCUT2D eigenvalue weighted by atomic mass is 10.2. The maximum absolute atomic E-state index is 12.5. The topological polar surface area (TPSA) is 76.0 Å². The van der Waals surface area contributed by atoms with E-state index < -0.39 is 16.1 Å². The molecule has 0 saturated heterocycles. The quantitative estimate of drug-likeness (QED) is 0.464. The highest BCUT2D eigenvalue weighted by atomic mass is 32.2. The van der Waals surface area contributed by atoms with Crippen molar-refractivity contribution in [2.24, 2.45) is 4.40 Å². The van der Waals surface area contributed by atoms with Gasteiger partial charge in [-0.1, -0.05) is 29.8 Å². The summed E-state index contributed by atoms with van der Waals surface area (Å²) in [6.07, 6.45) is 2.82. The summed E-state index contributed by atoms with van der Waals surface area (Å²) in [6, 6.07) is 6.27. The minimum Gasteiger partial charge on any atom is -0.390 e. The van der Waals surface area contributed by atoms with Crippen LogP contribution in [0.2, 0.25) is 0 Å². The molecule has 0 heterocycles. The van der Waals surface area contributed by atoms with Crippen LogP contribution in [0.15, 0.2) is 57.9 Å². The highest BCUT2D eigenvalue weighted by molar-refractivity contribution is 7.90. The normalized spacial score (nSPS) is 12.7. The Kier molecular flexibility index (Phi) is 6.91. The van der Waals surface area contributed by atoms with Crippen LogP contribution in [-0.4, -0.2) is 39.4 Å². The number of hydrogen-bond donors (Lipinski definition) is 0. The molecule has 0 saturated carbocycles. The molecular formula is C17H22N2O4S. The van der Waals surface area contributed by atoms with Crippen LogP contribution in [0.5, 0.6) is 0 Å². The number of carbonyl (C=O) groups excluding carboxylic acids is 1. The van der Waals surface area contributed by atoms with Gasteiger partial charge < -0.3 is 9.64 Å². The van der Waals surface area contributed by atoms with Crippen LogP contribution in [0.25, 0.3) is 0 Å². The number of hydrogen-bond acceptors (Lipinski definition) is 4. The Morgan fingerprint density at radius 3 is 2.33 bits per heavy atom. The largest absolute Gasteiger partial charge is 0.416 e. The maximum atomic E-state index is 12.5. The Balaban J connectivity index is 3.35. The number of allylic oxidation sites excluding steroid dienone is 2. The average molecular weight is 350 g/mol. The minimum atomic E-state index is -4.00. The molecular weight excluding hydrogens is 328 g/mol. The summed E-state index contributed by atoms with van der Waals surface area (Å²) in [7, 11) is -1.01. The summed E-state index contributed by atoms with van der Waals surface area (Å²) in [5.41, 5.74) is 1.38. The number of rotatable bonds is 5. The molecule has 1 amide bonds. The first-order chi connectivity index (χ1) is 11.2. The number of sulfonamides is 1. The highest BCUT2D eigenvalue weighted by Gasteiger charge is 2.20. The van der Waals surface area contributed by atoms with Gasteiger partial charge in [-0.2, -0.15) is 8.42 Å². The lowest BCUT2D eigenvalue weighted by molar-refractivity contribution is 0.168. The average Bonchev–Trinajstić information content (AvgIpc) is 2.52. The van der Waals surface area contributed by atoms with Crippen molar-refractivity contribution in [3.63, 3.8) is 0 Å². The monoisotopic (exact) mass is 350 g/mol. The molecule has 24 heavy (non-hydrogen) atoms. The first-order valence-corrected chi connectivity index (χ1v) is 8.72. The molecule has 130 valence electrons. The third kappa shape index (κ3) is 5.34. The molecule has 0 aliphatic carbocycles. The maximum Gasteiger partial charge on any atom is 0.416 e. The van der Waals surface area contributed by atoms with E-state index in [2.05, 4.69) is 11.0 Å². The van der Waals surface area contributed by atoms with E-state index >= 15 is 0 Å². The fourth-order valence-corrected chi connectivity index (χ4v) is 2.63. The van der Waals surface area contributed by atoms with Crippen molar-refractivity contribution in [1.29, 1.82) is 0 Å². The van der Waals surface area contributed by atoms with Crippen LogP contribution in [0.1, 0.15) is 18.9 Å². The second kappa shape index (κ2) is 8.44. The van der Waals surface area contributed by atoms with Gasteiger partial charge in [0.25, 0.3) is 10.0 Å². The standard InChI is InChI=1S/C17H22N2O4S/c1-6-8-14(7-2)16(23-17(20)19(4)5)18-24(21,22)15-11-9-13(3)10-12-15/h6-7,9-12H,1,8H2,2-5H3/b14-7+,18-16-. The van der Waals surface area contributed by atoms with Gasteiger partial charge >= 0.3 is 6.09 Å². The minimum absolute atomic E-state index is 0.0283. The van der Waals surface area contributed by atoms with Crippen molar-refractivity contribution in [1.82, 2.24) is 4.90 Å². The molecule has 0 N–H and O–H groups in total. The van der Waals surface area contributed by atoms with Crippen molar-refractivity contribution >= 4 is 22.0 Å². The third-order valence-electron chi connectivity index (χ3n) is 3.06. The van der Waals surface area contributed by atoms with E-state index in [0.717, 1.165) is 5.56 Å². The molecule has 6 nitrogen and oxygen atoms in total. The number of carbonyl (C=O) groups is 1. The summed E-state index contributed by atoms with van der Waals surface area (Å²) in [4.78, 5) is 13.0. The molecule has 0 aliphatic heterocycles. The number of ether oxygens (including phenoxy) is 1. The van der Waals surface area contributed by atoms with Crippen LogP contribution < -0.4 is 0 Å². The Labute approximate surface area is 143 Å². The highest BCUT2D eigenvalue weighted by Crippen LogP contribution is 2.17. The zero-order valence-electron chi connectivity index (χ0n) is 14.3. The van der Waals surface area contributed by atoms with Crippen molar-refractivity contribution in [2.75, 3.05) is 14.1 Å². The first kappa shape index (κ1) is 19.6. The molecule has 0 fully saturated rings. The smallest absolute Gasteiger partial charge is 0.390 e. The molecule has 0 bridgehead atoms. The fraction of sp³-hybridized carbons (Fsp3) is 0.294. The van der Waals surface area contributed by atoms with Crippen LogP contribution in [0.3, 0.4) is 0 Å². The van der Waals surface area contributed by atoms with Gasteiger partial charge in [0.2, 0.25) is 5.90 Å². The van der Waals surface area contributed by atoms with Crippen molar-refractivity contribution in [3.05, 3.63) is 54.1 Å². The van der Waals surface area contributed by atoms with Gasteiger partial charge in [0.15, 0.2) is 0 Å². The summed E-state index contributed by atoms with van der Waals surface area (Å²) in [5, 5.41) is 0. The molecule has 0 aliphatic rings. The molecule has 0 aromatic heterocycles. The molecule has 1 rings (SSSR count). The lowest BCUT2D eigenvalue weighted by Crippen LogP contribution is -2.27. The second-order valence-electron chi connectivity index (χ2n) is 5.25. The van der Waals surface area contributed by atoms with E-state index in [0.29, 0.717) is 12.0 Å². The molecule has 1 aromatic carbocycles. The van der Waals surface area contributed by atoms with Gasteiger partial charge in [0, 0.05) is 19.7 Å². The predicted octanol–water partition coefficient (Wildman–Crippen LogP) is 3.30. The van der Waals surface area contributed by atoms with Gasteiger partial charge in [0.05, 0.1) is 4.90 Å². The molecule has 1 aromatic rings. The Morgan fingerprint density at radius 1 is 1.29 bits per heavy atom. The molecule has 0 radical (unpaired) electrons. The molecule has 0 spiro atoms. The van der Waals surface area contributed by atoms with Crippen molar-refractivity contribution < 1.29 is 17.9 Å². The van der Waals surface area contributed by atoms with Crippen LogP contribution in [-0.2, 0) is 14.8 Å². The molecule has 0 atom stereocenters. The zero-order valence-corrected chi connectivity index (χ0v) is 15.1. The first-order valence-electron chi connectivity index (χ1n) is 7.28. The van der Waals surface area contributed by atoms with Crippen LogP contribution >= 0.6 is 0 Å². The summed E-state index contributed by atoms with van der Waals surface area (Å²) >= 11 is 0. The van der Waals surface area contributed by atoms with E-state index in [1.807, 2.05) is 6.92 Å². The number of amides is 1. The number of benzene rings is 1. The van der Waals surface area contributed by atoms with Gasteiger partial charge in [-0.25, -0.2) is 4.79 Å². The zero-order chi connectivity index (χ0) is 18.3. The Hall–Kier alpha value is -2.41. The van der Waals surface area contributed by atoms with Crippen LogP contribution in [0, 0.1) is 6.92 Å². The number of nitrogens with zero attached hydrogens (tertiary/aromatic N) is 2. The van der Waals surface area contributed by atoms with E-state index in [-0.39, 0.29) is 10.8 Å². The second-order valence-corrected chi connectivity index (χ2v) is 6.86. The molecule has 0 unspecified atom stereocenters. The van der Waals surface area contributed by atoms with Gasteiger partial charge in [-0.15, -0.1) is 11.0 Å². The predicted molar refractivity (Wildman–Crippen MR) is 94.5 cm³/mol. The van der Waals surface area contributed by atoms with E-state index in [1.165, 1.54) is 31.1 Å². The van der Waals surface area contributed by atoms with E-state index in [9.17, 15) is 13.2 Å². The van der Waals surface area contributed by atoms with Gasteiger partial charge in [0.1, 0.15) is 0 Å². The summed E-state index contributed by atoms with van der Waals surface area (Å²) < 4.78 is 33.8. The Morgan fingerprint density at radius 2 is 1.88 bits per heavy atom. The van der Waals surface area contributed by atoms with E-state index in [1.54, 1.807) is 31.2 Å². The molecule has 7 heteroatoms. The van der Waals surface area contributed by atoms with Crippen molar-refractivity contribution in [2.45, 2.75) is 25.2 Å². The Bertz CT molecular complexity index is 760. The fourth-order valence-electron chi connectivity index (χ4n) is 1.67.